The first-order valence-electron chi connectivity index (χ1n) is 12.0. The smallest absolute Gasteiger partial charge is 0.326 e. The van der Waals surface area contributed by atoms with Crippen molar-refractivity contribution in [3.8, 4) is 5.75 Å². The fourth-order valence-corrected chi connectivity index (χ4v) is 4.08. The van der Waals surface area contributed by atoms with Crippen molar-refractivity contribution in [2.75, 3.05) is 6.54 Å². The number of aromatic hydroxyl groups is 1. The van der Waals surface area contributed by atoms with E-state index in [0.29, 0.717) is 12.0 Å². The van der Waals surface area contributed by atoms with Crippen molar-refractivity contribution < 1.29 is 49.2 Å². The molecule has 0 saturated carbocycles. The number of likely N-dealkylation sites (tertiary alicyclic amines) is 1. The second-order valence-corrected chi connectivity index (χ2v) is 8.99. The van der Waals surface area contributed by atoms with Gasteiger partial charge in [0, 0.05) is 19.4 Å². The van der Waals surface area contributed by atoms with E-state index in [0.717, 1.165) is 4.90 Å². The number of aliphatic carboxylic acids is 3. The van der Waals surface area contributed by atoms with E-state index in [1.54, 1.807) is 12.1 Å². The van der Waals surface area contributed by atoms with E-state index in [-0.39, 0.29) is 38.0 Å². The summed E-state index contributed by atoms with van der Waals surface area (Å²) in [6.45, 7) is 0.112. The highest BCUT2D eigenvalue weighted by molar-refractivity contribution is 5.94. The highest BCUT2D eigenvalue weighted by Crippen LogP contribution is 2.20. The summed E-state index contributed by atoms with van der Waals surface area (Å²) in [5, 5.41) is 41.7. The van der Waals surface area contributed by atoms with Crippen LogP contribution >= 0.6 is 0 Å². The van der Waals surface area contributed by atoms with Gasteiger partial charge in [0.1, 0.15) is 23.9 Å². The minimum Gasteiger partial charge on any atom is -0.508 e. The van der Waals surface area contributed by atoms with Crippen molar-refractivity contribution in [3.05, 3.63) is 29.8 Å². The zero-order valence-corrected chi connectivity index (χ0v) is 20.5. The minimum absolute atomic E-state index is 0.0211. The molecule has 1 aliphatic heterocycles. The summed E-state index contributed by atoms with van der Waals surface area (Å²) in [4.78, 5) is 73.7. The van der Waals surface area contributed by atoms with Crippen LogP contribution in [-0.4, -0.2) is 91.7 Å². The number of nitrogens with zero attached hydrogens (tertiary/aromatic N) is 1. The van der Waals surface area contributed by atoms with E-state index in [9.17, 15) is 39.0 Å². The summed E-state index contributed by atoms with van der Waals surface area (Å²) < 4.78 is 0. The van der Waals surface area contributed by atoms with Gasteiger partial charge in [-0.25, -0.2) is 4.79 Å². The molecule has 1 saturated heterocycles. The van der Waals surface area contributed by atoms with E-state index in [2.05, 4.69) is 10.6 Å². The summed E-state index contributed by atoms with van der Waals surface area (Å²) in [6.07, 6.45) is -1.04. The van der Waals surface area contributed by atoms with Crippen molar-refractivity contribution in [2.24, 2.45) is 5.73 Å². The molecule has 1 heterocycles. The van der Waals surface area contributed by atoms with Crippen LogP contribution in [0.3, 0.4) is 0 Å². The van der Waals surface area contributed by atoms with Crippen LogP contribution in [0, 0.1) is 0 Å². The lowest BCUT2D eigenvalue weighted by Crippen LogP contribution is -2.57. The Morgan fingerprint density at radius 3 is 2.00 bits per heavy atom. The minimum atomic E-state index is -1.42. The highest BCUT2D eigenvalue weighted by atomic mass is 16.4. The van der Waals surface area contributed by atoms with Gasteiger partial charge < -0.3 is 41.7 Å². The lowest BCUT2D eigenvalue weighted by Gasteiger charge is -2.28. The maximum atomic E-state index is 13.1. The third-order valence-electron chi connectivity index (χ3n) is 6.09. The first-order chi connectivity index (χ1) is 17.9. The Morgan fingerprint density at radius 2 is 1.45 bits per heavy atom. The van der Waals surface area contributed by atoms with Crippen LogP contribution in [0.2, 0.25) is 0 Å². The van der Waals surface area contributed by atoms with E-state index >= 15 is 0 Å². The number of carboxylic acid groups (broad SMARTS) is 3. The Kier molecular flexibility index (Phi) is 11.0. The molecule has 0 radical (unpaired) electrons. The third kappa shape index (κ3) is 9.03. The van der Waals surface area contributed by atoms with Gasteiger partial charge in [-0.15, -0.1) is 0 Å². The molecule has 208 valence electrons. The van der Waals surface area contributed by atoms with Crippen LogP contribution in [0.15, 0.2) is 24.3 Å². The maximum absolute atomic E-state index is 13.1. The third-order valence-corrected chi connectivity index (χ3v) is 6.09. The van der Waals surface area contributed by atoms with Gasteiger partial charge in [-0.1, -0.05) is 12.1 Å². The molecule has 3 amide bonds. The molecule has 14 nitrogen and oxygen atoms in total. The van der Waals surface area contributed by atoms with Gasteiger partial charge >= 0.3 is 17.9 Å². The SMILES string of the molecule is NC(Cc1ccc(O)cc1)C(=O)NC(CCC(=O)O)C(=O)NC(CCC(=O)O)C(=O)N1CCCC1C(=O)O. The zero-order valence-electron chi connectivity index (χ0n) is 20.5. The number of phenols is 1. The summed E-state index contributed by atoms with van der Waals surface area (Å²) in [5.74, 6) is -6.19. The number of carboxylic acids is 3. The number of nitrogens with one attached hydrogen (secondary N) is 2. The van der Waals surface area contributed by atoms with Crippen molar-refractivity contribution in [2.45, 2.75) is 69.1 Å². The molecule has 1 fully saturated rings. The summed E-state index contributed by atoms with van der Waals surface area (Å²) in [5.41, 5.74) is 6.56. The molecule has 4 unspecified atom stereocenters. The van der Waals surface area contributed by atoms with Crippen LogP contribution in [0.1, 0.15) is 44.1 Å². The van der Waals surface area contributed by atoms with Gasteiger partial charge in [0.05, 0.1) is 6.04 Å². The Hall–Kier alpha value is -4.20. The Labute approximate surface area is 217 Å². The Morgan fingerprint density at radius 1 is 0.895 bits per heavy atom. The number of amides is 3. The summed E-state index contributed by atoms with van der Waals surface area (Å²) in [7, 11) is 0. The molecule has 4 atom stereocenters. The lowest BCUT2D eigenvalue weighted by atomic mass is 10.0. The van der Waals surface area contributed by atoms with E-state index in [1.165, 1.54) is 12.1 Å². The molecular weight excluding hydrogens is 504 g/mol. The quantitative estimate of drug-likeness (QED) is 0.153. The number of phenolic OH excluding ortho intramolecular Hbond substituents is 1. The number of benzene rings is 1. The topological polar surface area (TPSA) is 237 Å². The molecule has 0 aliphatic carbocycles. The number of hydrogen-bond acceptors (Lipinski definition) is 8. The van der Waals surface area contributed by atoms with Gasteiger partial charge in [-0.3, -0.25) is 24.0 Å². The van der Waals surface area contributed by atoms with Crippen LogP contribution in [0.5, 0.6) is 5.75 Å². The van der Waals surface area contributed by atoms with Crippen molar-refractivity contribution >= 4 is 35.6 Å². The van der Waals surface area contributed by atoms with Crippen LogP contribution in [0.4, 0.5) is 0 Å². The zero-order chi connectivity index (χ0) is 28.4. The van der Waals surface area contributed by atoms with Gasteiger partial charge in [-0.2, -0.15) is 0 Å². The molecule has 1 aromatic rings. The van der Waals surface area contributed by atoms with Gasteiger partial charge in [0.25, 0.3) is 0 Å². The second kappa shape index (κ2) is 13.9. The Balaban J connectivity index is 2.16. The maximum Gasteiger partial charge on any atom is 0.326 e. The standard InChI is InChI=1S/C24H32N4O10/c25-15(12-13-3-5-14(29)6-4-13)21(34)26-16(7-9-19(30)31)22(35)27-17(8-10-20(32)33)23(36)28-11-1-2-18(28)24(37)38/h3-6,15-18,29H,1-2,7-12,25H2,(H,26,34)(H,27,35)(H,30,31)(H,32,33)(H,37,38). The van der Waals surface area contributed by atoms with Gasteiger partial charge in [0.2, 0.25) is 17.7 Å². The fourth-order valence-electron chi connectivity index (χ4n) is 4.08. The average molecular weight is 537 g/mol. The molecule has 0 spiro atoms. The largest absolute Gasteiger partial charge is 0.508 e. The van der Waals surface area contributed by atoms with Gasteiger partial charge in [-0.05, 0) is 49.8 Å². The molecule has 0 aromatic heterocycles. The molecule has 14 heteroatoms. The van der Waals surface area contributed by atoms with Crippen molar-refractivity contribution in [3.63, 3.8) is 0 Å². The molecule has 1 aromatic carbocycles. The average Bonchev–Trinajstić information content (AvgIpc) is 3.35. The van der Waals surface area contributed by atoms with Gasteiger partial charge in [0.15, 0.2) is 0 Å². The van der Waals surface area contributed by atoms with Crippen molar-refractivity contribution in [1.82, 2.24) is 15.5 Å². The predicted octanol–water partition coefficient (Wildman–Crippen LogP) is -0.963. The first kappa shape index (κ1) is 30.0. The molecule has 2 rings (SSSR count). The van der Waals surface area contributed by atoms with Crippen LogP contribution < -0.4 is 16.4 Å². The lowest BCUT2D eigenvalue weighted by molar-refractivity contribution is -0.150. The molecular formula is C24H32N4O10. The number of nitrogens with two attached hydrogens (primary N) is 1. The van der Waals surface area contributed by atoms with Crippen LogP contribution in [0.25, 0.3) is 0 Å². The molecule has 1 aliphatic rings. The van der Waals surface area contributed by atoms with Crippen LogP contribution in [-0.2, 0) is 35.2 Å². The number of hydrogen-bond donors (Lipinski definition) is 7. The summed E-state index contributed by atoms with van der Waals surface area (Å²) >= 11 is 0. The van der Waals surface area contributed by atoms with Crippen molar-refractivity contribution in [1.29, 1.82) is 0 Å². The first-order valence-corrected chi connectivity index (χ1v) is 12.0. The summed E-state index contributed by atoms with van der Waals surface area (Å²) in [6, 6.07) is 0.847. The number of carbonyl (C=O) groups is 6. The molecule has 0 bridgehead atoms. The van der Waals surface area contributed by atoms with E-state index in [1.807, 2.05) is 0 Å². The Bertz CT molecular complexity index is 1050. The normalized spacial score (nSPS) is 17.2. The number of carbonyl (C=O) groups excluding carboxylic acids is 3. The van der Waals surface area contributed by atoms with E-state index < -0.39 is 72.6 Å². The fraction of sp³-hybridized carbons (Fsp3) is 0.500. The molecule has 38 heavy (non-hydrogen) atoms. The number of rotatable bonds is 14. The predicted molar refractivity (Wildman–Crippen MR) is 130 cm³/mol. The monoisotopic (exact) mass is 536 g/mol. The van der Waals surface area contributed by atoms with E-state index in [4.69, 9.17) is 15.9 Å². The highest BCUT2D eigenvalue weighted by Gasteiger charge is 2.38. The molecule has 8 N–H and O–H groups in total. The second-order valence-electron chi connectivity index (χ2n) is 8.99.